The molecular weight excluding hydrogens is 426 g/mol. The van der Waals surface area contributed by atoms with Crippen LogP contribution in [0, 0.1) is 0 Å². The van der Waals surface area contributed by atoms with E-state index in [1.54, 1.807) is 18.2 Å². The van der Waals surface area contributed by atoms with Crippen LogP contribution in [0.15, 0.2) is 46.9 Å². The number of carbonyl (C=O) groups is 2. The summed E-state index contributed by atoms with van der Waals surface area (Å²) in [5, 5.41) is 12.1. The molecule has 150 valence electrons. The molecule has 2 rings (SSSR count). The Morgan fingerprint density at radius 3 is 2.46 bits per heavy atom. The van der Waals surface area contributed by atoms with Crippen LogP contribution in [0.4, 0.5) is 0 Å². The number of hydrogen-bond acceptors (Lipinski definition) is 4. The topological polar surface area (TPSA) is 84.9 Å². The molecule has 0 aliphatic carbocycles. The fourth-order valence-corrected chi connectivity index (χ4v) is 2.96. The van der Waals surface area contributed by atoms with Crippen molar-refractivity contribution >= 4 is 27.8 Å². The van der Waals surface area contributed by atoms with Crippen LogP contribution in [-0.4, -0.2) is 30.7 Å². The molecule has 2 aromatic rings. The van der Waals surface area contributed by atoms with Gasteiger partial charge in [-0.3, -0.25) is 9.59 Å². The minimum absolute atomic E-state index is 0.165. The molecular formula is C21H24BrNO5. The Hall–Kier alpha value is -2.54. The van der Waals surface area contributed by atoms with E-state index in [2.05, 4.69) is 21.2 Å². The number of amides is 1. The molecule has 2 aromatic carbocycles. The monoisotopic (exact) mass is 449 g/mol. The normalized spacial score (nSPS) is 11.5. The predicted molar refractivity (Wildman–Crippen MR) is 110 cm³/mol. The molecule has 0 spiro atoms. The zero-order valence-electron chi connectivity index (χ0n) is 15.9. The Morgan fingerprint density at radius 1 is 1.14 bits per heavy atom. The molecule has 0 radical (unpaired) electrons. The summed E-state index contributed by atoms with van der Waals surface area (Å²) in [6.45, 7) is 2.56. The number of benzene rings is 2. The number of rotatable bonds is 10. The molecule has 1 unspecified atom stereocenters. The van der Waals surface area contributed by atoms with Crippen molar-refractivity contribution in [3.05, 3.63) is 58.1 Å². The van der Waals surface area contributed by atoms with Crippen molar-refractivity contribution in [3.8, 4) is 11.5 Å². The van der Waals surface area contributed by atoms with E-state index >= 15 is 0 Å². The number of methoxy groups -OCH3 is 1. The van der Waals surface area contributed by atoms with Gasteiger partial charge in [0.1, 0.15) is 0 Å². The fourth-order valence-electron chi connectivity index (χ4n) is 2.69. The molecule has 28 heavy (non-hydrogen) atoms. The van der Waals surface area contributed by atoms with Gasteiger partial charge in [-0.15, -0.1) is 0 Å². The third-order valence-electron chi connectivity index (χ3n) is 4.04. The first kappa shape index (κ1) is 21.8. The van der Waals surface area contributed by atoms with Crippen molar-refractivity contribution in [2.75, 3.05) is 13.7 Å². The molecule has 2 N–H and O–H groups in total. The van der Waals surface area contributed by atoms with Crippen LogP contribution in [0.25, 0.3) is 0 Å². The summed E-state index contributed by atoms with van der Waals surface area (Å²) >= 11 is 3.36. The quantitative estimate of drug-likeness (QED) is 0.569. The highest BCUT2D eigenvalue weighted by Crippen LogP contribution is 2.31. The van der Waals surface area contributed by atoms with Gasteiger partial charge in [-0.1, -0.05) is 41.1 Å². The van der Waals surface area contributed by atoms with E-state index in [9.17, 15) is 14.7 Å². The van der Waals surface area contributed by atoms with E-state index in [0.717, 1.165) is 16.5 Å². The first-order valence-electron chi connectivity index (χ1n) is 8.99. The summed E-state index contributed by atoms with van der Waals surface area (Å²) in [5.41, 5.74) is 1.49. The number of ether oxygens (including phenoxy) is 2. The highest BCUT2D eigenvalue weighted by Gasteiger charge is 2.20. The van der Waals surface area contributed by atoms with E-state index in [0.29, 0.717) is 23.7 Å². The van der Waals surface area contributed by atoms with Gasteiger partial charge in [-0.25, -0.2) is 0 Å². The van der Waals surface area contributed by atoms with Crippen LogP contribution in [-0.2, 0) is 16.0 Å². The lowest BCUT2D eigenvalue weighted by Crippen LogP contribution is -2.31. The SMILES string of the molecule is CCCOc1ccc(C(CC(=O)O)NC(=O)Cc2ccc(Br)cc2)cc1OC. The number of nitrogens with one attached hydrogen (secondary N) is 1. The summed E-state index contributed by atoms with van der Waals surface area (Å²) < 4.78 is 11.9. The zero-order valence-corrected chi connectivity index (χ0v) is 17.5. The lowest BCUT2D eigenvalue weighted by Gasteiger charge is -2.19. The van der Waals surface area contributed by atoms with Gasteiger partial charge in [0, 0.05) is 4.47 Å². The van der Waals surface area contributed by atoms with Crippen LogP contribution < -0.4 is 14.8 Å². The van der Waals surface area contributed by atoms with Crippen LogP contribution in [0.3, 0.4) is 0 Å². The number of carbonyl (C=O) groups excluding carboxylic acids is 1. The van der Waals surface area contributed by atoms with Crippen molar-refractivity contribution in [1.82, 2.24) is 5.32 Å². The molecule has 7 heteroatoms. The minimum Gasteiger partial charge on any atom is -0.493 e. The number of carboxylic acids is 1. The minimum atomic E-state index is -1.00. The Morgan fingerprint density at radius 2 is 1.86 bits per heavy atom. The molecule has 1 atom stereocenters. The second-order valence-corrected chi connectivity index (χ2v) is 7.20. The number of hydrogen-bond donors (Lipinski definition) is 2. The number of aliphatic carboxylic acids is 1. The van der Waals surface area contributed by atoms with E-state index in [1.807, 2.05) is 31.2 Å². The van der Waals surface area contributed by atoms with Gasteiger partial charge in [0.05, 0.1) is 32.6 Å². The summed E-state index contributed by atoms with van der Waals surface area (Å²) in [5.74, 6) is -0.162. The van der Waals surface area contributed by atoms with Crippen molar-refractivity contribution in [2.24, 2.45) is 0 Å². The molecule has 6 nitrogen and oxygen atoms in total. The first-order chi connectivity index (χ1) is 13.4. The van der Waals surface area contributed by atoms with Gasteiger partial charge >= 0.3 is 5.97 Å². The highest BCUT2D eigenvalue weighted by molar-refractivity contribution is 9.10. The zero-order chi connectivity index (χ0) is 20.5. The largest absolute Gasteiger partial charge is 0.493 e. The average Bonchev–Trinajstić information content (AvgIpc) is 2.67. The summed E-state index contributed by atoms with van der Waals surface area (Å²) in [4.78, 5) is 23.8. The standard InChI is InChI=1S/C21H24BrNO5/c1-3-10-28-18-9-6-15(12-19(18)27-2)17(13-21(25)26)23-20(24)11-14-4-7-16(22)8-5-14/h4-9,12,17H,3,10-11,13H2,1-2H3,(H,23,24)(H,25,26). The molecule has 0 bridgehead atoms. The second-order valence-electron chi connectivity index (χ2n) is 6.28. The van der Waals surface area contributed by atoms with Crippen molar-refractivity contribution < 1.29 is 24.2 Å². The Kier molecular flexibility index (Phi) is 8.32. The maximum Gasteiger partial charge on any atom is 0.305 e. The fraction of sp³-hybridized carbons (Fsp3) is 0.333. The lowest BCUT2D eigenvalue weighted by atomic mass is 10.0. The smallest absolute Gasteiger partial charge is 0.305 e. The van der Waals surface area contributed by atoms with Gasteiger partial charge in [-0.2, -0.15) is 0 Å². The summed E-state index contributed by atoms with van der Waals surface area (Å²) in [6, 6.07) is 11.9. The van der Waals surface area contributed by atoms with Gasteiger partial charge in [0.2, 0.25) is 5.91 Å². The predicted octanol–water partition coefficient (Wildman–Crippen LogP) is 4.12. The third-order valence-corrected chi connectivity index (χ3v) is 4.57. The second kappa shape index (κ2) is 10.7. The maximum absolute atomic E-state index is 12.5. The molecule has 0 saturated heterocycles. The number of halogens is 1. The number of carboxylic acid groups (broad SMARTS) is 1. The highest BCUT2D eigenvalue weighted by atomic mass is 79.9. The maximum atomic E-state index is 12.5. The Bertz CT molecular complexity index is 807. The average molecular weight is 450 g/mol. The van der Waals surface area contributed by atoms with E-state index in [-0.39, 0.29) is 18.7 Å². The van der Waals surface area contributed by atoms with E-state index in [1.165, 1.54) is 7.11 Å². The molecule has 1 amide bonds. The molecule has 0 saturated carbocycles. The van der Waals surface area contributed by atoms with Crippen molar-refractivity contribution in [3.63, 3.8) is 0 Å². The molecule has 0 fully saturated rings. The molecule has 0 aromatic heterocycles. The van der Waals surface area contributed by atoms with Gasteiger partial charge in [0.25, 0.3) is 0 Å². The van der Waals surface area contributed by atoms with Crippen LogP contribution in [0.1, 0.15) is 36.9 Å². The first-order valence-corrected chi connectivity index (χ1v) is 9.78. The molecule has 0 heterocycles. The Balaban J connectivity index is 2.16. The lowest BCUT2D eigenvalue weighted by molar-refractivity contribution is -0.137. The Labute approximate surface area is 173 Å². The van der Waals surface area contributed by atoms with Crippen LogP contribution in [0.2, 0.25) is 0 Å². The van der Waals surface area contributed by atoms with Gasteiger partial charge in [-0.05, 0) is 41.8 Å². The van der Waals surface area contributed by atoms with E-state index in [4.69, 9.17) is 9.47 Å². The molecule has 0 aliphatic heterocycles. The summed E-state index contributed by atoms with van der Waals surface area (Å²) in [6.07, 6.45) is 0.793. The van der Waals surface area contributed by atoms with Crippen molar-refractivity contribution in [1.29, 1.82) is 0 Å². The van der Waals surface area contributed by atoms with Crippen LogP contribution in [0.5, 0.6) is 11.5 Å². The van der Waals surface area contributed by atoms with Crippen molar-refractivity contribution in [2.45, 2.75) is 32.2 Å². The van der Waals surface area contributed by atoms with Crippen LogP contribution >= 0.6 is 15.9 Å². The van der Waals surface area contributed by atoms with E-state index < -0.39 is 12.0 Å². The van der Waals surface area contributed by atoms with Gasteiger partial charge in [0.15, 0.2) is 11.5 Å². The third kappa shape index (κ3) is 6.56. The molecule has 0 aliphatic rings. The van der Waals surface area contributed by atoms with Gasteiger partial charge < -0.3 is 19.9 Å². The summed E-state index contributed by atoms with van der Waals surface area (Å²) in [7, 11) is 1.52.